The first kappa shape index (κ1) is 55.1. The van der Waals surface area contributed by atoms with Crippen molar-refractivity contribution < 1.29 is 28.6 Å². The minimum absolute atomic E-state index is 0.107. The molecule has 0 amide bonds. The molecule has 0 aromatic carbocycles. The van der Waals surface area contributed by atoms with Gasteiger partial charge in [0.2, 0.25) is 0 Å². The average molecular weight is 811 g/mol. The number of rotatable bonds is 43. The minimum Gasteiger partial charge on any atom is -0.462 e. The van der Waals surface area contributed by atoms with Crippen LogP contribution < -0.4 is 0 Å². The fourth-order valence-corrected chi connectivity index (χ4v) is 6.61. The zero-order valence-electron chi connectivity index (χ0n) is 38.0. The minimum atomic E-state index is -0.812. The van der Waals surface area contributed by atoms with E-state index in [1.54, 1.807) is 6.08 Å². The second kappa shape index (κ2) is 46.8. The molecule has 0 heterocycles. The van der Waals surface area contributed by atoms with E-state index in [0.717, 1.165) is 64.2 Å². The maximum Gasteiger partial charge on any atom is 0.309 e. The molecule has 1 atom stereocenters. The molecule has 0 saturated heterocycles. The first-order valence-electron chi connectivity index (χ1n) is 24.3. The second-order valence-corrected chi connectivity index (χ2v) is 16.0. The average Bonchev–Trinajstić information content (AvgIpc) is 3.22. The van der Waals surface area contributed by atoms with Crippen LogP contribution in [0.1, 0.15) is 233 Å². The zero-order chi connectivity index (χ0) is 42.3. The van der Waals surface area contributed by atoms with Gasteiger partial charge in [-0.25, -0.2) is 0 Å². The fraction of sp³-hybridized carbons (Fsp3) is 0.750. The Morgan fingerprint density at radius 2 is 0.741 bits per heavy atom. The summed E-state index contributed by atoms with van der Waals surface area (Å²) in [5.41, 5.74) is 0. The van der Waals surface area contributed by atoms with Crippen molar-refractivity contribution in [3.63, 3.8) is 0 Å². The highest BCUT2D eigenvalue weighted by atomic mass is 16.6. The molecule has 1 unspecified atom stereocenters. The van der Waals surface area contributed by atoms with Gasteiger partial charge in [-0.05, 0) is 83.5 Å². The Labute approximate surface area is 358 Å². The highest BCUT2D eigenvalue weighted by molar-refractivity contribution is 5.72. The van der Waals surface area contributed by atoms with Gasteiger partial charge in [-0.15, -0.1) is 0 Å². The summed E-state index contributed by atoms with van der Waals surface area (Å²) < 4.78 is 16.6. The third-order valence-electron chi connectivity index (χ3n) is 10.3. The lowest BCUT2D eigenvalue weighted by Crippen LogP contribution is -2.30. The van der Waals surface area contributed by atoms with Gasteiger partial charge in [-0.3, -0.25) is 14.4 Å². The third kappa shape index (κ3) is 44.2. The fourth-order valence-electron chi connectivity index (χ4n) is 6.61. The largest absolute Gasteiger partial charge is 0.462 e. The Bertz CT molecular complexity index is 1070. The Morgan fingerprint density at radius 1 is 0.379 bits per heavy atom. The molecule has 6 heteroatoms. The van der Waals surface area contributed by atoms with Crippen molar-refractivity contribution in [3.8, 4) is 0 Å². The summed E-state index contributed by atoms with van der Waals surface area (Å²) in [4.78, 5) is 37.7. The van der Waals surface area contributed by atoms with Crippen LogP contribution in [0.3, 0.4) is 0 Å². The molecule has 0 aliphatic heterocycles. The van der Waals surface area contributed by atoms with Gasteiger partial charge in [0.15, 0.2) is 6.10 Å². The molecule has 58 heavy (non-hydrogen) atoms. The van der Waals surface area contributed by atoms with E-state index in [2.05, 4.69) is 69.4 Å². The molecule has 0 bridgehead atoms. The molecule has 0 aromatic rings. The number of esters is 3. The number of unbranched alkanes of at least 4 members (excludes halogenated alkanes) is 23. The molecule has 0 radical (unpaired) electrons. The second-order valence-electron chi connectivity index (χ2n) is 16.0. The molecule has 0 aromatic heterocycles. The number of hydrogen-bond acceptors (Lipinski definition) is 6. The monoisotopic (exact) mass is 811 g/mol. The molecule has 0 saturated carbocycles. The van der Waals surface area contributed by atoms with E-state index < -0.39 is 12.1 Å². The first-order valence-corrected chi connectivity index (χ1v) is 24.3. The van der Waals surface area contributed by atoms with E-state index in [0.29, 0.717) is 12.8 Å². The molecule has 0 fully saturated rings. The maximum absolute atomic E-state index is 12.7. The van der Waals surface area contributed by atoms with Crippen molar-refractivity contribution in [1.82, 2.24) is 0 Å². The molecule has 0 spiro atoms. The molecular formula is C52H90O6. The summed E-state index contributed by atoms with van der Waals surface area (Å²) in [7, 11) is 0. The van der Waals surface area contributed by atoms with Gasteiger partial charge < -0.3 is 14.2 Å². The smallest absolute Gasteiger partial charge is 0.309 e. The lowest BCUT2D eigenvalue weighted by Gasteiger charge is -2.18. The lowest BCUT2D eigenvalue weighted by molar-refractivity contribution is -0.166. The molecule has 0 aliphatic rings. The summed E-state index contributed by atoms with van der Waals surface area (Å²) in [6.07, 6.45) is 56.7. The van der Waals surface area contributed by atoms with Crippen LogP contribution in [-0.2, 0) is 28.6 Å². The van der Waals surface area contributed by atoms with Gasteiger partial charge in [-0.1, -0.05) is 191 Å². The van der Waals surface area contributed by atoms with Crippen molar-refractivity contribution in [2.75, 3.05) is 13.2 Å². The van der Waals surface area contributed by atoms with Crippen LogP contribution >= 0.6 is 0 Å². The van der Waals surface area contributed by atoms with E-state index >= 15 is 0 Å². The number of carbonyl (C=O) groups excluding carboxylic acids is 3. The SMILES string of the molecule is CC/C=C\C/C=C\C/C=C\CC(=O)OCC(COC(=O)CCCCCCC/C=C\CCCCCCCCC)OC(=O)CCCCCCCCC/C=C\CCCCCC. The summed E-state index contributed by atoms with van der Waals surface area (Å²) >= 11 is 0. The van der Waals surface area contributed by atoms with Crippen molar-refractivity contribution in [2.24, 2.45) is 0 Å². The normalized spacial score (nSPS) is 12.5. The molecule has 334 valence electrons. The Balaban J connectivity index is 4.40. The topological polar surface area (TPSA) is 78.9 Å². The van der Waals surface area contributed by atoms with Crippen molar-refractivity contribution in [2.45, 2.75) is 239 Å². The van der Waals surface area contributed by atoms with Crippen molar-refractivity contribution in [1.29, 1.82) is 0 Å². The van der Waals surface area contributed by atoms with Crippen LogP contribution in [0.5, 0.6) is 0 Å². The predicted molar refractivity (Wildman–Crippen MR) is 247 cm³/mol. The Hall–Kier alpha value is -2.89. The van der Waals surface area contributed by atoms with E-state index in [4.69, 9.17) is 14.2 Å². The van der Waals surface area contributed by atoms with Crippen LogP contribution in [0.15, 0.2) is 60.8 Å². The molecular weight excluding hydrogens is 721 g/mol. The number of ether oxygens (including phenoxy) is 3. The van der Waals surface area contributed by atoms with E-state index in [1.165, 1.54) is 128 Å². The van der Waals surface area contributed by atoms with E-state index in [9.17, 15) is 14.4 Å². The van der Waals surface area contributed by atoms with Gasteiger partial charge in [0.1, 0.15) is 13.2 Å². The van der Waals surface area contributed by atoms with E-state index in [1.807, 2.05) is 6.08 Å². The first-order chi connectivity index (χ1) is 28.5. The predicted octanol–water partition coefficient (Wildman–Crippen LogP) is 15.7. The Morgan fingerprint density at radius 3 is 1.21 bits per heavy atom. The van der Waals surface area contributed by atoms with Crippen LogP contribution in [0.2, 0.25) is 0 Å². The highest BCUT2D eigenvalue weighted by Gasteiger charge is 2.19. The van der Waals surface area contributed by atoms with Crippen molar-refractivity contribution in [3.05, 3.63) is 60.8 Å². The van der Waals surface area contributed by atoms with Gasteiger partial charge in [0, 0.05) is 12.8 Å². The maximum atomic E-state index is 12.7. The molecule has 0 rings (SSSR count). The molecule has 0 aliphatic carbocycles. The zero-order valence-corrected chi connectivity index (χ0v) is 38.0. The Kier molecular flexibility index (Phi) is 44.5. The lowest BCUT2D eigenvalue weighted by atomic mass is 10.1. The van der Waals surface area contributed by atoms with Crippen LogP contribution in [0, 0.1) is 0 Å². The quantitative estimate of drug-likeness (QED) is 0.0264. The summed E-state index contributed by atoms with van der Waals surface area (Å²) in [6.45, 7) is 6.39. The van der Waals surface area contributed by atoms with Crippen LogP contribution in [0.4, 0.5) is 0 Å². The summed E-state index contributed by atoms with van der Waals surface area (Å²) in [6, 6.07) is 0. The summed E-state index contributed by atoms with van der Waals surface area (Å²) in [5, 5.41) is 0. The molecule has 0 N–H and O–H groups in total. The summed E-state index contributed by atoms with van der Waals surface area (Å²) in [5.74, 6) is -1.05. The third-order valence-corrected chi connectivity index (χ3v) is 10.3. The molecule has 6 nitrogen and oxygen atoms in total. The van der Waals surface area contributed by atoms with Gasteiger partial charge >= 0.3 is 17.9 Å². The van der Waals surface area contributed by atoms with Crippen molar-refractivity contribution >= 4 is 17.9 Å². The van der Waals surface area contributed by atoms with Crippen LogP contribution in [-0.4, -0.2) is 37.2 Å². The van der Waals surface area contributed by atoms with Gasteiger partial charge in [0.25, 0.3) is 0 Å². The standard InChI is InChI=1S/C52H90O6/c1-4-7-10-13-16-19-21-23-25-27-28-30-33-36-39-42-45-51(54)57-48-49(47-56-50(53)44-41-38-35-32-18-15-12-9-6-3)58-52(55)46-43-40-37-34-31-29-26-24-22-20-17-14-11-8-5-2/h9,12,18,20,22,25,27,32,38,41,49H,4-8,10-11,13-17,19,21,23-24,26,28-31,33-37,39-40,42-48H2,1-3H3/b12-9-,22-20-,27-25-,32-18-,41-38-. The van der Waals surface area contributed by atoms with Gasteiger partial charge in [0.05, 0.1) is 6.42 Å². The number of hydrogen-bond donors (Lipinski definition) is 0. The van der Waals surface area contributed by atoms with E-state index in [-0.39, 0.29) is 31.6 Å². The highest BCUT2D eigenvalue weighted by Crippen LogP contribution is 2.14. The van der Waals surface area contributed by atoms with Crippen LogP contribution in [0.25, 0.3) is 0 Å². The number of allylic oxidation sites excluding steroid dienone is 9. The van der Waals surface area contributed by atoms with Gasteiger partial charge in [-0.2, -0.15) is 0 Å². The number of carbonyl (C=O) groups is 3.